The van der Waals surface area contributed by atoms with E-state index in [4.69, 9.17) is 9.47 Å². The molecule has 0 radical (unpaired) electrons. The second kappa shape index (κ2) is 10.5. The van der Waals surface area contributed by atoms with Gasteiger partial charge in [-0.15, -0.1) is 0 Å². The zero-order valence-corrected chi connectivity index (χ0v) is 17.1. The number of alkyl halides is 3. The van der Waals surface area contributed by atoms with Crippen LogP contribution in [-0.2, 0) is 15.7 Å². The van der Waals surface area contributed by atoms with Gasteiger partial charge in [0.15, 0.2) is 0 Å². The molecular weight excluding hydrogens is 423 g/mol. The Labute approximate surface area is 182 Å². The highest BCUT2D eigenvalue weighted by atomic mass is 19.4. The number of rotatable bonds is 7. The number of benzene rings is 2. The lowest BCUT2D eigenvalue weighted by molar-refractivity contribution is -0.137. The fourth-order valence-electron chi connectivity index (χ4n) is 2.70. The fourth-order valence-corrected chi connectivity index (χ4v) is 2.70. The number of carbonyl (C=O) groups excluding carboxylic acids is 1. The summed E-state index contributed by atoms with van der Waals surface area (Å²) in [6.45, 7) is 3.11. The van der Waals surface area contributed by atoms with Crippen molar-refractivity contribution in [2.75, 3.05) is 25.1 Å². The summed E-state index contributed by atoms with van der Waals surface area (Å²) < 4.78 is 48.9. The molecule has 2 N–H and O–H groups in total. The van der Waals surface area contributed by atoms with Gasteiger partial charge in [0.25, 0.3) is 0 Å². The van der Waals surface area contributed by atoms with Crippen LogP contribution in [0.1, 0.15) is 18.1 Å². The third-order valence-electron chi connectivity index (χ3n) is 4.22. The van der Waals surface area contributed by atoms with Gasteiger partial charge in [0.1, 0.15) is 18.2 Å². The standard InChI is InChI=1S/C23H20F3N3O3/c1-2-31-13-14-32-20-9-6-17(22-27-11-12-28-22)15-19(20)29-21(30)10-5-16-3-7-18(8-4-16)23(24,25)26/h3-4,6-9,11-12,15H,2,13-14H2,1H3,(H,27,28)(H,29,30). The minimum Gasteiger partial charge on any atom is -0.489 e. The number of nitrogens with zero attached hydrogens (tertiary/aromatic N) is 1. The maximum absolute atomic E-state index is 12.7. The molecule has 0 aliphatic heterocycles. The lowest BCUT2D eigenvalue weighted by Gasteiger charge is -2.12. The van der Waals surface area contributed by atoms with Crippen molar-refractivity contribution in [2.24, 2.45) is 0 Å². The van der Waals surface area contributed by atoms with E-state index in [0.29, 0.717) is 30.5 Å². The Balaban J connectivity index is 1.76. The molecule has 0 spiro atoms. The van der Waals surface area contributed by atoms with Crippen LogP contribution in [0.4, 0.5) is 18.9 Å². The van der Waals surface area contributed by atoms with Crippen molar-refractivity contribution >= 4 is 11.6 Å². The number of aromatic amines is 1. The summed E-state index contributed by atoms with van der Waals surface area (Å²) in [6.07, 6.45) is -1.15. The molecule has 166 valence electrons. The second-order valence-electron chi connectivity index (χ2n) is 6.47. The number of nitrogens with one attached hydrogen (secondary N) is 2. The smallest absolute Gasteiger partial charge is 0.416 e. The van der Waals surface area contributed by atoms with Gasteiger partial charge in [-0.1, -0.05) is 5.92 Å². The third-order valence-corrected chi connectivity index (χ3v) is 4.22. The monoisotopic (exact) mass is 443 g/mol. The fraction of sp³-hybridized carbons (Fsp3) is 0.217. The molecule has 1 heterocycles. The van der Waals surface area contributed by atoms with Gasteiger partial charge in [0.2, 0.25) is 0 Å². The largest absolute Gasteiger partial charge is 0.489 e. The van der Waals surface area contributed by atoms with Crippen molar-refractivity contribution in [3.63, 3.8) is 0 Å². The Morgan fingerprint density at radius 1 is 1.16 bits per heavy atom. The number of carbonyl (C=O) groups is 1. The molecule has 2 aromatic carbocycles. The Hall–Kier alpha value is -3.77. The lowest BCUT2D eigenvalue weighted by Crippen LogP contribution is -2.12. The first-order chi connectivity index (χ1) is 15.4. The molecular formula is C23H20F3N3O3. The minimum atomic E-state index is -4.43. The van der Waals surface area contributed by atoms with Crippen molar-refractivity contribution in [1.29, 1.82) is 0 Å². The quantitative estimate of drug-likeness (QED) is 0.417. The molecule has 0 unspecified atom stereocenters. The van der Waals surface area contributed by atoms with E-state index in [1.54, 1.807) is 30.6 Å². The maximum atomic E-state index is 12.7. The van der Waals surface area contributed by atoms with Gasteiger partial charge in [-0.05, 0) is 49.4 Å². The average Bonchev–Trinajstić information content (AvgIpc) is 3.31. The number of hydrogen-bond acceptors (Lipinski definition) is 4. The van der Waals surface area contributed by atoms with E-state index in [1.807, 2.05) is 6.92 Å². The lowest BCUT2D eigenvalue weighted by atomic mass is 10.1. The SMILES string of the molecule is CCOCCOc1ccc(-c2ncc[nH]2)cc1NC(=O)C#Cc1ccc(C(F)(F)F)cc1. The Kier molecular flexibility index (Phi) is 7.52. The number of ether oxygens (including phenoxy) is 2. The van der Waals surface area contributed by atoms with Gasteiger partial charge in [-0.25, -0.2) is 4.98 Å². The van der Waals surface area contributed by atoms with E-state index in [1.165, 1.54) is 12.1 Å². The topological polar surface area (TPSA) is 76.2 Å². The average molecular weight is 443 g/mol. The van der Waals surface area contributed by atoms with Crippen molar-refractivity contribution in [1.82, 2.24) is 9.97 Å². The zero-order chi connectivity index (χ0) is 23.0. The molecule has 32 heavy (non-hydrogen) atoms. The van der Waals surface area contributed by atoms with E-state index in [9.17, 15) is 18.0 Å². The molecule has 0 aliphatic rings. The number of H-pyrrole nitrogens is 1. The van der Waals surface area contributed by atoms with Gasteiger partial charge < -0.3 is 19.8 Å². The first-order valence-electron chi connectivity index (χ1n) is 9.71. The van der Waals surface area contributed by atoms with Crippen molar-refractivity contribution in [3.8, 4) is 29.0 Å². The second-order valence-corrected chi connectivity index (χ2v) is 6.47. The van der Waals surface area contributed by atoms with Crippen LogP contribution < -0.4 is 10.1 Å². The molecule has 0 aliphatic carbocycles. The molecule has 0 atom stereocenters. The number of hydrogen-bond donors (Lipinski definition) is 2. The van der Waals surface area contributed by atoms with Crippen LogP contribution in [0.2, 0.25) is 0 Å². The first kappa shape index (κ1) is 22.9. The van der Waals surface area contributed by atoms with E-state index < -0.39 is 17.6 Å². The van der Waals surface area contributed by atoms with Crippen molar-refractivity contribution in [2.45, 2.75) is 13.1 Å². The number of aromatic nitrogens is 2. The van der Waals surface area contributed by atoms with Gasteiger partial charge in [0, 0.05) is 36.0 Å². The Morgan fingerprint density at radius 3 is 2.59 bits per heavy atom. The molecule has 0 saturated carbocycles. The van der Waals surface area contributed by atoms with Crippen LogP contribution in [0.5, 0.6) is 5.75 Å². The molecule has 9 heteroatoms. The Bertz CT molecular complexity index is 1100. The highest BCUT2D eigenvalue weighted by Crippen LogP contribution is 2.30. The summed E-state index contributed by atoms with van der Waals surface area (Å²) in [5, 5.41) is 2.66. The van der Waals surface area contributed by atoms with Crippen LogP contribution in [0.3, 0.4) is 0 Å². The number of anilines is 1. The predicted octanol–water partition coefficient (Wildman–Crippen LogP) is 4.50. The van der Waals surface area contributed by atoms with Crippen LogP contribution in [0.25, 0.3) is 11.4 Å². The molecule has 3 rings (SSSR count). The van der Waals surface area contributed by atoms with Crippen molar-refractivity contribution < 1.29 is 27.4 Å². The minimum absolute atomic E-state index is 0.283. The molecule has 1 amide bonds. The molecule has 0 fully saturated rings. The van der Waals surface area contributed by atoms with E-state index in [0.717, 1.165) is 17.7 Å². The van der Waals surface area contributed by atoms with Crippen LogP contribution in [0, 0.1) is 11.8 Å². The Morgan fingerprint density at radius 2 is 1.94 bits per heavy atom. The van der Waals surface area contributed by atoms with Gasteiger partial charge in [-0.3, -0.25) is 4.79 Å². The van der Waals surface area contributed by atoms with E-state index in [-0.39, 0.29) is 12.2 Å². The van der Waals surface area contributed by atoms with Crippen LogP contribution in [0.15, 0.2) is 54.9 Å². The van der Waals surface area contributed by atoms with Crippen molar-refractivity contribution in [3.05, 3.63) is 66.0 Å². The molecule has 0 bridgehead atoms. The van der Waals surface area contributed by atoms with Gasteiger partial charge in [0.05, 0.1) is 17.9 Å². The molecule has 1 aromatic heterocycles. The molecule has 3 aromatic rings. The summed E-state index contributed by atoms with van der Waals surface area (Å²) in [7, 11) is 0. The summed E-state index contributed by atoms with van der Waals surface area (Å²) in [6, 6.07) is 9.43. The van der Waals surface area contributed by atoms with Gasteiger partial charge in [-0.2, -0.15) is 13.2 Å². The third kappa shape index (κ3) is 6.36. The highest BCUT2D eigenvalue weighted by Gasteiger charge is 2.29. The van der Waals surface area contributed by atoms with Crippen LogP contribution in [-0.4, -0.2) is 35.7 Å². The normalized spacial score (nSPS) is 10.9. The first-order valence-corrected chi connectivity index (χ1v) is 9.71. The summed E-state index contributed by atoms with van der Waals surface area (Å²) in [5.74, 6) is 5.32. The summed E-state index contributed by atoms with van der Waals surface area (Å²) in [4.78, 5) is 19.5. The summed E-state index contributed by atoms with van der Waals surface area (Å²) in [5.41, 5.74) is 0.599. The number of imidazole rings is 1. The number of amides is 1. The molecule has 0 saturated heterocycles. The van der Waals surface area contributed by atoms with E-state index >= 15 is 0 Å². The highest BCUT2D eigenvalue weighted by molar-refractivity contribution is 6.05. The maximum Gasteiger partial charge on any atom is 0.416 e. The van der Waals surface area contributed by atoms with Crippen LogP contribution >= 0.6 is 0 Å². The predicted molar refractivity (Wildman–Crippen MR) is 113 cm³/mol. The molecule has 6 nitrogen and oxygen atoms in total. The number of halogens is 3. The zero-order valence-electron chi connectivity index (χ0n) is 17.1. The summed E-state index contributed by atoms with van der Waals surface area (Å²) >= 11 is 0. The van der Waals surface area contributed by atoms with E-state index in [2.05, 4.69) is 27.1 Å². The van der Waals surface area contributed by atoms with Gasteiger partial charge >= 0.3 is 12.1 Å².